The van der Waals surface area contributed by atoms with Crippen LogP contribution in [0.15, 0.2) is 39.8 Å². The molecule has 25 heavy (non-hydrogen) atoms. The van der Waals surface area contributed by atoms with Crippen LogP contribution in [0.25, 0.3) is 0 Å². The SMILES string of the molecule is CN=C(NCCCOc1ccccc1)NCc1noc(C(C)(C)C)n1. The summed E-state index contributed by atoms with van der Waals surface area (Å²) >= 11 is 0. The number of guanidine groups is 1. The third kappa shape index (κ3) is 6.45. The van der Waals surface area contributed by atoms with Crippen LogP contribution in [0.2, 0.25) is 0 Å². The first-order valence-electron chi connectivity index (χ1n) is 8.44. The number of nitrogens with zero attached hydrogens (tertiary/aromatic N) is 3. The Morgan fingerprint density at radius 1 is 1.20 bits per heavy atom. The zero-order valence-electron chi connectivity index (χ0n) is 15.4. The van der Waals surface area contributed by atoms with Crippen LogP contribution in [0.5, 0.6) is 5.75 Å². The normalized spacial score (nSPS) is 12.1. The van der Waals surface area contributed by atoms with Crippen molar-refractivity contribution in [1.29, 1.82) is 0 Å². The minimum absolute atomic E-state index is 0.149. The zero-order valence-corrected chi connectivity index (χ0v) is 15.4. The van der Waals surface area contributed by atoms with E-state index in [9.17, 15) is 0 Å². The van der Waals surface area contributed by atoms with Gasteiger partial charge in [-0.25, -0.2) is 0 Å². The lowest BCUT2D eigenvalue weighted by Gasteiger charge is -2.11. The molecular weight excluding hydrogens is 318 g/mol. The van der Waals surface area contributed by atoms with E-state index in [-0.39, 0.29) is 5.41 Å². The molecule has 0 aliphatic rings. The maximum absolute atomic E-state index is 5.65. The van der Waals surface area contributed by atoms with Gasteiger partial charge in [0, 0.05) is 19.0 Å². The van der Waals surface area contributed by atoms with E-state index in [1.807, 2.05) is 51.1 Å². The van der Waals surface area contributed by atoms with Crippen LogP contribution < -0.4 is 15.4 Å². The van der Waals surface area contributed by atoms with E-state index in [0.29, 0.717) is 30.8 Å². The number of aromatic nitrogens is 2. The molecule has 0 aliphatic heterocycles. The molecule has 2 N–H and O–H groups in total. The van der Waals surface area contributed by atoms with Gasteiger partial charge in [0.25, 0.3) is 0 Å². The van der Waals surface area contributed by atoms with Crippen LogP contribution in [0.4, 0.5) is 0 Å². The van der Waals surface area contributed by atoms with Gasteiger partial charge in [0.1, 0.15) is 5.75 Å². The first-order valence-corrected chi connectivity index (χ1v) is 8.44. The first kappa shape index (κ1) is 18.8. The summed E-state index contributed by atoms with van der Waals surface area (Å²) in [5, 5.41) is 10.4. The molecule has 0 saturated carbocycles. The molecule has 136 valence electrons. The van der Waals surface area contributed by atoms with Gasteiger partial charge < -0.3 is 19.9 Å². The third-order valence-electron chi connectivity index (χ3n) is 3.37. The Bertz CT molecular complexity index is 662. The molecule has 0 fully saturated rings. The highest BCUT2D eigenvalue weighted by atomic mass is 16.5. The number of para-hydroxylation sites is 1. The van der Waals surface area contributed by atoms with Crippen LogP contribution in [0, 0.1) is 0 Å². The van der Waals surface area contributed by atoms with E-state index in [2.05, 4.69) is 25.8 Å². The van der Waals surface area contributed by atoms with Crippen molar-refractivity contribution in [3.8, 4) is 5.75 Å². The van der Waals surface area contributed by atoms with E-state index >= 15 is 0 Å². The summed E-state index contributed by atoms with van der Waals surface area (Å²) in [7, 11) is 1.73. The summed E-state index contributed by atoms with van der Waals surface area (Å²) in [6, 6.07) is 9.79. The van der Waals surface area contributed by atoms with Crippen LogP contribution in [-0.4, -0.2) is 36.3 Å². The zero-order chi connectivity index (χ0) is 18.1. The number of benzene rings is 1. The lowest BCUT2D eigenvalue weighted by Crippen LogP contribution is -2.37. The smallest absolute Gasteiger partial charge is 0.232 e. The largest absolute Gasteiger partial charge is 0.494 e. The monoisotopic (exact) mass is 345 g/mol. The molecule has 2 aromatic rings. The molecule has 0 aliphatic carbocycles. The van der Waals surface area contributed by atoms with Gasteiger partial charge >= 0.3 is 0 Å². The summed E-state index contributed by atoms with van der Waals surface area (Å²) in [5.41, 5.74) is -0.149. The lowest BCUT2D eigenvalue weighted by molar-refractivity contribution is 0.311. The molecule has 0 unspecified atom stereocenters. The molecule has 2 rings (SSSR count). The molecule has 0 amide bonds. The highest BCUT2D eigenvalue weighted by Gasteiger charge is 2.21. The Kier molecular flexibility index (Phi) is 6.80. The fourth-order valence-electron chi connectivity index (χ4n) is 2.00. The van der Waals surface area contributed by atoms with Crippen molar-refractivity contribution in [3.63, 3.8) is 0 Å². The number of hydrogen-bond acceptors (Lipinski definition) is 5. The van der Waals surface area contributed by atoms with Gasteiger partial charge in [0.2, 0.25) is 5.89 Å². The predicted octanol–water partition coefficient (Wildman–Crippen LogP) is 2.50. The van der Waals surface area contributed by atoms with E-state index in [0.717, 1.165) is 18.7 Å². The van der Waals surface area contributed by atoms with Crippen molar-refractivity contribution in [2.75, 3.05) is 20.2 Å². The number of ether oxygens (including phenoxy) is 1. The van der Waals surface area contributed by atoms with Gasteiger partial charge in [-0.15, -0.1) is 0 Å². The van der Waals surface area contributed by atoms with Crippen LogP contribution in [0.1, 0.15) is 38.9 Å². The van der Waals surface area contributed by atoms with Crippen molar-refractivity contribution >= 4 is 5.96 Å². The summed E-state index contributed by atoms with van der Waals surface area (Å²) in [5.74, 6) is 2.82. The third-order valence-corrected chi connectivity index (χ3v) is 3.37. The summed E-state index contributed by atoms with van der Waals surface area (Å²) in [6.45, 7) is 7.97. The second-order valence-corrected chi connectivity index (χ2v) is 6.63. The van der Waals surface area contributed by atoms with Crippen LogP contribution in [-0.2, 0) is 12.0 Å². The van der Waals surface area contributed by atoms with E-state index in [1.54, 1.807) is 7.05 Å². The van der Waals surface area contributed by atoms with Crippen molar-refractivity contribution in [1.82, 2.24) is 20.8 Å². The molecule has 1 aromatic carbocycles. The maximum Gasteiger partial charge on any atom is 0.232 e. The molecule has 0 bridgehead atoms. The molecule has 1 heterocycles. The number of aliphatic imine (C=N–C) groups is 1. The molecular formula is C18H27N5O2. The highest BCUT2D eigenvalue weighted by Crippen LogP contribution is 2.19. The first-order chi connectivity index (χ1) is 12.0. The van der Waals surface area contributed by atoms with E-state index in [4.69, 9.17) is 9.26 Å². The predicted molar refractivity (Wildman–Crippen MR) is 97.8 cm³/mol. The highest BCUT2D eigenvalue weighted by molar-refractivity contribution is 5.79. The van der Waals surface area contributed by atoms with E-state index in [1.165, 1.54) is 0 Å². The standard InChI is InChI=1S/C18H27N5O2/c1-18(2,3)16-22-15(23-25-16)13-21-17(19-4)20-11-8-12-24-14-9-6-5-7-10-14/h5-7,9-10H,8,11-13H2,1-4H3,(H2,19,20,21). The van der Waals surface area contributed by atoms with Crippen molar-refractivity contribution in [2.45, 2.75) is 39.2 Å². The quantitative estimate of drug-likeness (QED) is 0.456. The minimum Gasteiger partial charge on any atom is -0.494 e. The van der Waals surface area contributed by atoms with Crippen molar-refractivity contribution in [2.24, 2.45) is 4.99 Å². The van der Waals surface area contributed by atoms with E-state index < -0.39 is 0 Å². The average molecular weight is 345 g/mol. The van der Waals surface area contributed by atoms with Crippen molar-refractivity contribution in [3.05, 3.63) is 42.0 Å². The number of nitrogens with one attached hydrogen (secondary N) is 2. The topological polar surface area (TPSA) is 84.6 Å². The molecule has 0 saturated heterocycles. The Labute approximate surface area is 148 Å². The van der Waals surface area contributed by atoms with Gasteiger partial charge in [0.15, 0.2) is 11.8 Å². The second kappa shape index (κ2) is 9.05. The van der Waals surface area contributed by atoms with Crippen molar-refractivity contribution < 1.29 is 9.26 Å². The van der Waals surface area contributed by atoms with Gasteiger partial charge in [0.05, 0.1) is 13.2 Å². The van der Waals surface area contributed by atoms with Gasteiger partial charge in [-0.3, -0.25) is 4.99 Å². The van der Waals surface area contributed by atoms with Crippen LogP contribution >= 0.6 is 0 Å². The molecule has 0 atom stereocenters. The summed E-state index contributed by atoms with van der Waals surface area (Å²) < 4.78 is 10.9. The van der Waals surface area contributed by atoms with Gasteiger partial charge in [-0.2, -0.15) is 4.98 Å². The van der Waals surface area contributed by atoms with Gasteiger partial charge in [-0.1, -0.05) is 44.1 Å². The number of rotatable bonds is 7. The lowest BCUT2D eigenvalue weighted by atomic mass is 9.97. The Balaban J connectivity index is 1.66. The Morgan fingerprint density at radius 2 is 1.96 bits per heavy atom. The fraction of sp³-hybridized carbons (Fsp3) is 0.500. The fourth-order valence-corrected chi connectivity index (χ4v) is 2.00. The molecule has 0 radical (unpaired) electrons. The summed E-state index contributed by atoms with van der Waals surface area (Å²) in [6.07, 6.45) is 0.867. The average Bonchev–Trinajstić information content (AvgIpc) is 3.07. The number of hydrogen-bond donors (Lipinski definition) is 2. The molecule has 7 heteroatoms. The second-order valence-electron chi connectivity index (χ2n) is 6.63. The molecule has 0 spiro atoms. The van der Waals surface area contributed by atoms with Crippen LogP contribution in [0.3, 0.4) is 0 Å². The molecule has 1 aromatic heterocycles. The molecule has 7 nitrogen and oxygen atoms in total. The summed E-state index contributed by atoms with van der Waals surface area (Å²) in [4.78, 5) is 8.57. The van der Waals surface area contributed by atoms with Gasteiger partial charge in [-0.05, 0) is 18.6 Å². The Hall–Kier alpha value is -2.57. The Morgan fingerprint density at radius 3 is 2.60 bits per heavy atom. The maximum atomic E-state index is 5.65. The minimum atomic E-state index is -0.149.